The first-order chi connectivity index (χ1) is 15.2. The minimum atomic E-state index is -0.750. The first-order valence-corrected chi connectivity index (χ1v) is 10.8. The molecule has 0 aliphatic heterocycles. The number of nitrogens with one attached hydrogen (secondary N) is 1. The number of halogens is 1. The van der Waals surface area contributed by atoms with Gasteiger partial charge in [-0.05, 0) is 70.1 Å². The molecule has 6 nitrogen and oxygen atoms in total. The van der Waals surface area contributed by atoms with Crippen LogP contribution in [0.1, 0.15) is 31.4 Å². The fraction of sp³-hybridized carbons (Fsp3) is 0.320. The van der Waals surface area contributed by atoms with E-state index in [1.54, 1.807) is 25.3 Å². The van der Waals surface area contributed by atoms with Gasteiger partial charge in [0.15, 0.2) is 0 Å². The maximum absolute atomic E-state index is 13.0. The van der Waals surface area contributed by atoms with Gasteiger partial charge in [0.25, 0.3) is 0 Å². The van der Waals surface area contributed by atoms with Crippen molar-refractivity contribution in [2.24, 2.45) is 0 Å². The summed E-state index contributed by atoms with van der Waals surface area (Å²) in [5.41, 5.74) is 1.82. The van der Waals surface area contributed by atoms with Crippen LogP contribution in [0.25, 0.3) is 10.9 Å². The molecule has 0 atom stereocenters. The van der Waals surface area contributed by atoms with Gasteiger partial charge in [0.1, 0.15) is 11.8 Å². The third-order valence-electron chi connectivity index (χ3n) is 5.75. The molecule has 32 heavy (non-hydrogen) atoms. The molecule has 0 fully saturated rings. The molecule has 166 valence electrons. The summed E-state index contributed by atoms with van der Waals surface area (Å²) in [6.45, 7) is 6.75. The van der Waals surface area contributed by atoms with Crippen LogP contribution < -0.4 is 10.1 Å². The third kappa shape index (κ3) is 5.18. The number of fused-ring (bicyclic) bond motifs is 1. The second kappa shape index (κ2) is 9.99. The van der Waals surface area contributed by atoms with Gasteiger partial charge in [-0.3, -0.25) is 14.7 Å². The van der Waals surface area contributed by atoms with Crippen molar-refractivity contribution in [3.63, 3.8) is 0 Å². The van der Waals surface area contributed by atoms with E-state index in [1.165, 1.54) is 0 Å². The summed E-state index contributed by atoms with van der Waals surface area (Å²) in [6, 6.07) is 15.2. The molecule has 0 aliphatic rings. The van der Waals surface area contributed by atoms with Crippen LogP contribution in [0.4, 0.5) is 5.69 Å². The fourth-order valence-electron chi connectivity index (χ4n) is 3.26. The Morgan fingerprint density at radius 3 is 2.81 bits per heavy atom. The van der Waals surface area contributed by atoms with Gasteiger partial charge in [0, 0.05) is 29.9 Å². The Hall–Kier alpha value is -3.14. The van der Waals surface area contributed by atoms with Crippen LogP contribution in [0, 0.1) is 18.3 Å². The van der Waals surface area contributed by atoms with Gasteiger partial charge in [-0.15, -0.1) is 0 Å². The van der Waals surface area contributed by atoms with Crippen molar-refractivity contribution >= 4 is 34.1 Å². The minimum Gasteiger partial charge on any atom is -0.493 e. The summed E-state index contributed by atoms with van der Waals surface area (Å²) in [4.78, 5) is 19.3. The van der Waals surface area contributed by atoms with Crippen LogP contribution in [0.3, 0.4) is 0 Å². The zero-order valence-corrected chi connectivity index (χ0v) is 19.5. The molecule has 0 aliphatic carbocycles. The smallest absolute Gasteiger partial charge is 0.244 e. The van der Waals surface area contributed by atoms with Crippen molar-refractivity contribution in [1.82, 2.24) is 9.88 Å². The first-order valence-electron chi connectivity index (χ1n) is 10.4. The standard InChI is InChI=1S/C25H27ClN4O2/c1-17-21(11-9-19(16-27)23(17)26)29-24(31)25(2,3)30(4)13-6-14-32-20-10-8-18-7-5-12-28-22(18)15-20/h5,7-12,15H,6,13-14H2,1-4H3,(H,29,31). The number of hydrogen-bond acceptors (Lipinski definition) is 5. The molecule has 0 bridgehead atoms. The van der Waals surface area contributed by atoms with Crippen molar-refractivity contribution in [1.29, 1.82) is 5.26 Å². The predicted molar refractivity (Wildman–Crippen MR) is 128 cm³/mol. The molecule has 0 spiro atoms. The molecular weight excluding hydrogens is 424 g/mol. The van der Waals surface area contributed by atoms with E-state index < -0.39 is 5.54 Å². The fourth-order valence-corrected chi connectivity index (χ4v) is 3.47. The number of amides is 1. The largest absolute Gasteiger partial charge is 0.493 e. The number of rotatable bonds is 8. The summed E-state index contributed by atoms with van der Waals surface area (Å²) < 4.78 is 5.88. The van der Waals surface area contributed by atoms with Crippen molar-refractivity contribution in [2.75, 3.05) is 25.5 Å². The Morgan fingerprint density at radius 2 is 2.06 bits per heavy atom. The zero-order valence-electron chi connectivity index (χ0n) is 18.8. The normalized spacial score (nSPS) is 11.4. The maximum Gasteiger partial charge on any atom is 0.244 e. The lowest BCUT2D eigenvalue weighted by molar-refractivity contribution is -0.125. The van der Waals surface area contributed by atoms with E-state index >= 15 is 0 Å². The lowest BCUT2D eigenvalue weighted by atomic mass is 10.0. The molecule has 3 aromatic rings. The van der Waals surface area contributed by atoms with E-state index in [9.17, 15) is 4.79 Å². The van der Waals surface area contributed by atoms with Gasteiger partial charge in [0.05, 0.1) is 28.2 Å². The van der Waals surface area contributed by atoms with Crippen LogP contribution >= 0.6 is 11.6 Å². The number of benzene rings is 2. The number of anilines is 1. The Bertz CT molecular complexity index is 1170. The number of hydrogen-bond donors (Lipinski definition) is 1. The number of likely N-dealkylation sites (N-methyl/N-ethyl adjacent to an activating group) is 1. The Morgan fingerprint density at radius 1 is 1.28 bits per heavy atom. The van der Waals surface area contributed by atoms with Crippen LogP contribution in [0.5, 0.6) is 5.75 Å². The lowest BCUT2D eigenvalue weighted by Gasteiger charge is -2.34. The third-order valence-corrected chi connectivity index (χ3v) is 6.24. The summed E-state index contributed by atoms with van der Waals surface area (Å²) in [6.07, 6.45) is 2.52. The number of nitrogens with zero attached hydrogens (tertiary/aromatic N) is 3. The highest BCUT2D eigenvalue weighted by atomic mass is 35.5. The summed E-state index contributed by atoms with van der Waals surface area (Å²) >= 11 is 6.22. The molecule has 1 amide bonds. The lowest BCUT2D eigenvalue weighted by Crippen LogP contribution is -2.51. The molecule has 1 aromatic heterocycles. The average Bonchev–Trinajstić information content (AvgIpc) is 2.79. The zero-order chi connectivity index (χ0) is 23.3. The van der Waals surface area contributed by atoms with Crippen LogP contribution in [-0.2, 0) is 4.79 Å². The number of carbonyl (C=O) groups excluding carboxylic acids is 1. The van der Waals surface area contributed by atoms with Gasteiger partial charge in [-0.1, -0.05) is 17.7 Å². The van der Waals surface area contributed by atoms with E-state index in [4.69, 9.17) is 21.6 Å². The topological polar surface area (TPSA) is 78.2 Å². The molecular formula is C25H27ClN4O2. The highest BCUT2D eigenvalue weighted by Crippen LogP contribution is 2.28. The summed E-state index contributed by atoms with van der Waals surface area (Å²) in [7, 11) is 1.91. The molecule has 0 saturated heterocycles. The van der Waals surface area contributed by atoms with E-state index in [0.717, 1.165) is 23.1 Å². The Kier molecular flexibility index (Phi) is 7.34. The van der Waals surface area contributed by atoms with Gasteiger partial charge >= 0.3 is 0 Å². The number of pyridine rings is 1. The van der Waals surface area contributed by atoms with Gasteiger partial charge in [-0.25, -0.2) is 0 Å². The van der Waals surface area contributed by atoms with Crippen molar-refractivity contribution in [3.8, 4) is 11.8 Å². The van der Waals surface area contributed by atoms with E-state index in [1.807, 2.05) is 62.2 Å². The van der Waals surface area contributed by atoms with Gasteiger partial charge in [-0.2, -0.15) is 5.26 Å². The average molecular weight is 451 g/mol. The Balaban J connectivity index is 1.54. The van der Waals surface area contributed by atoms with Crippen LogP contribution in [0.15, 0.2) is 48.7 Å². The second-order valence-corrected chi connectivity index (χ2v) is 8.58. The van der Waals surface area contributed by atoms with Gasteiger partial charge < -0.3 is 10.1 Å². The van der Waals surface area contributed by atoms with Crippen molar-refractivity contribution in [3.05, 3.63) is 64.8 Å². The monoisotopic (exact) mass is 450 g/mol. The highest BCUT2D eigenvalue weighted by molar-refractivity contribution is 6.33. The molecule has 1 heterocycles. The van der Waals surface area contributed by atoms with Crippen molar-refractivity contribution in [2.45, 2.75) is 32.7 Å². The van der Waals surface area contributed by atoms with Crippen molar-refractivity contribution < 1.29 is 9.53 Å². The summed E-state index contributed by atoms with van der Waals surface area (Å²) in [5, 5.41) is 13.5. The number of ether oxygens (including phenoxy) is 1. The minimum absolute atomic E-state index is 0.148. The quantitative estimate of drug-likeness (QED) is 0.478. The molecule has 2 aromatic carbocycles. The SMILES string of the molecule is Cc1c(NC(=O)C(C)(C)N(C)CCCOc2ccc3cccnc3c2)ccc(C#N)c1Cl. The molecule has 0 unspecified atom stereocenters. The number of nitriles is 1. The second-order valence-electron chi connectivity index (χ2n) is 8.21. The summed E-state index contributed by atoms with van der Waals surface area (Å²) in [5.74, 6) is 0.634. The number of carbonyl (C=O) groups is 1. The molecule has 0 radical (unpaired) electrons. The molecule has 1 N–H and O–H groups in total. The van der Waals surface area contributed by atoms with Crippen LogP contribution in [-0.4, -0.2) is 41.5 Å². The molecule has 7 heteroatoms. The number of aromatic nitrogens is 1. The van der Waals surface area contributed by atoms with E-state index in [-0.39, 0.29) is 5.91 Å². The first kappa shape index (κ1) is 23.5. The van der Waals surface area contributed by atoms with E-state index in [0.29, 0.717) is 35.0 Å². The molecule has 3 rings (SSSR count). The molecule has 0 saturated carbocycles. The highest BCUT2D eigenvalue weighted by Gasteiger charge is 2.32. The predicted octanol–water partition coefficient (Wildman–Crippen LogP) is 5.19. The van der Waals surface area contributed by atoms with Gasteiger partial charge in [0.2, 0.25) is 5.91 Å². The van der Waals surface area contributed by atoms with E-state index in [2.05, 4.69) is 10.3 Å². The Labute approximate surface area is 193 Å². The van der Waals surface area contributed by atoms with Crippen LogP contribution in [0.2, 0.25) is 5.02 Å². The maximum atomic E-state index is 13.0.